The Morgan fingerprint density at radius 1 is 1.32 bits per heavy atom. The zero-order chi connectivity index (χ0) is 17.6. The maximum Gasteiger partial charge on any atom is 0.264 e. The van der Waals surface area contributed by atoms with Crippen molar-refractivity contribution in [1.82, 2.24) is 10.2 Å². The normalized spacial score (nSPS) is 15.9. The maximum absolute atomic E-state index is 12.5. The first-order valence-electron chi connectivity index (χ1n) is 8.78. The fraction of sp³-hybridized carbons (Fsp3) is 0.421. The number of hydrogen-bond donors (Lipinski definition) is 2. The number of nitrogens with one attached hydrogen (secondary N) is 2. The first kappa shape index (κ1) is 17.4. The van der Waals surface area contributed by atoms with Crippen LogP contribution in [0.1, 0.15) is 39.0 Å². The molecule has 1 aromatic carbocycles. The monoisotopic (exact) mass is 341 g/mol. The van der Waals surface area contributed by atoms with Crippen molar-refractivity contribution < 1.29 is 9.53 Å². The van der Waals surface area contributed by atoms with Gasteiger partial charge in [-0.15, -0.1) is 0 Å². The van der Waals surface area contributed by atoms with Crippen LogP contribution in [0.25, 0.3) is 11.3 Å². The number of carbonyl (C=O) groups excluding carboxylic acids is 1. The lowest BCUT2D eigenvalue weighted by molar-refractivity contribution is -0.131. The fourth-order valence-electron chi connectivity index (χ4n) is 3.08. The number of ether oxygens (including phenoxy) is 1. The molecule has 1 amide bonds. The summed E-state index contributed by atoms with van der Waals surface area (Å²) in [5.74, 6) is -0.124. The Balaban J connectivity index is 1.69. The van der Waals surface area contributed by atoms with Crippen molar-refractivity contribution in [3.8, 4) is 11.3 Å². The smallest absolute Gasteiger partial charge is 0.264 e. The summed E-state index contributed by atoms with van der Waals surface area (Å²) in [7, 11) is 0. The molecule has 132 valence electrons. The summed E-state index contributed by atoms with van der Waals surface area (Å²) >= 11 is 0. The second-order valence-electron chi connectivity index (χ2n) is 6.32. The molecule has 1 saturated carbocycles. The summed E-state index contributed by atoms with van der Waals surface area (Å²) in [5.41, 5.74) is 1.90. The van der Waals surface area contributed by atoms with Crippen LogP contribution in [0.5, 0.6) is 0 Å². The van der Waals surface area contributed by atoms with Crippen molar-refractivity contribution in [2.45, 2.75) is 51.2 Å². The van der Waals surface area contributed by atoms with Crippen LogP contribution in [-0.4, -0.2) is 28.3 Å². The lowest BCUT2D eigenvalue weighted by Crippen LogP contribution is -2.32. The molecular formula is C19H23N3O3. The molecule has 1 heterocycles. The minimum atomic E-state index is -0.432. The van der Waals surface area contributed by atoms with E-state index < -0.39 is 6.10 Å². The molecule has 0 spiro atoms. The van der Waals surface area contributed by atoms with Gasteiger partial charge in [-0.1, -0.05) is 31.9 Å². The topological polar surface area (TPSA) is 84.1 Å². The Bertz CT molecular complexity index is 761. The number of aromatic amines is 1. The minimum absolute atomic E-state index is 0.124. The lowest BCUT2D eigenvalue weighted by Gasteiger charge is -2.20. The largest absolute Gasteiger partial charge is 0.365 e. The highest BCUT2D eigenvalue weighted by atomic mass is 16.5. The second kappa shape index (κ2) is 8.07. The predicted octanol–water partition coefficient (Wildman–Crippen LogP) is 3.11. The molecule has 1 fully saturated rings. The molecule has 1 atom stereocenters. The van der Waals surface area contributed by atoms with Crippen LogP contribution < -0.4 is 10.9 Å². The van der Waals surface area contributed by atoms with E-state index in [-0.39, 0.29) is 17.6 Å². The summed E-state index contributed by atoms with van der Waals surface area (Å²) in [6, 6.07) is 10.5. The van der Waals surface area contributed by atoms with Crippen molar-refractivity contribution in [1.29, 1.82) is 0 Å². The van der Waals surface area contributed by atoms with Gasteiger partial charge in [0.1, 0.15) is 6.10 Å². The molecule has 0 bridgehead atoms. The van der Waals surface area contributed by atoms with Crippen LogP contribution in [0, 0.1) is 0 Å². The summed E-state index contributed by atoms with van der Waals surface area (Å²) in [5, 5.41) is 9.35. The summed E-state index contributed by atoms with van der Waals surface area (Å²) in [4.78, 5) is 23.7. The first-order valence-corrected chi connectivity index (χ1v) is 8.78. The molecule has 0 unspecified atom stereocenters. The van der Waals surface area contributed by atoms with Crippen LogP contribution >= 0.6 is 0 Å². The molecule has 2 N–H and O–H groups in total. The number of anilines is 1. The molecule has 0 radical (unpaired) electrons. The molecular weight excluding hydrogens is 318 g/mol. The molecule has 0 saturated heterocycles. The standard InChI is InChI=1S/C19H23N3O3/c1-2-17(25-15-8-3-4-9-15)19(24)20-14-7-5-6-13(12-14)16-10-11-18(23)22-21-16/h5-7,10-12,15,17H,2-4,8-9H2,1H3,(H,20,24)(H,22,23)/t17-/m0/s1. The molecule has 2 aromatic rings. The van der Waals surface area contributed by atoms with E-state index >= 15 is 0 Å². The van der Waals surface area contributed by atoms with Crippen molar-refractivity contribution in [2.75, 3.05) is 5.32 Å². The molecule has 1 aliphatic rings. The van der Waals surface area contributed by atoms with Gasteiger partial charge in [0.15, 0.2) is 0 Å². The van der Waals surface area contributed by atoms with Crippen LogP contribution in [-0.2, 0) is 9.53 Å². The van der Waals surface area contributed by atoms with Gasteiger partial charge in [-0.2, -0.15) is 5.10 Å². The molecule has 25 heavy (non-hydrogen) atoms. The molecule has 0 aliphatic heterocycles. The van der Waals surface area contributed by atoms with E-state index in [1.54, 1.807) is 6.07 Å². The van der Waals surface area contributed by atoms with Gasteiger partial charge in [0, 0.05) is 17.3 Å². The highest BCUT2D eigenvalue weighted by Gasteiger charge is 2.24. The number of nitrogens with zero attached hydrogens (tertiary/aromatic N) is 1. The zero-order valence-corrected chi connectivity index (χ0v) is 14.3. The van der Waals surface area contributed by atoms with Gasteiger partial charge in [0.05, 0.1) is 11.8 Å². The second-order valence-corrected chi connectivity index (χ2v) is 6.32. The van der Waals surface area contributed by atoms with E-state index in [1.165, 1.54) is 18.9 Å². The Hall–Kier alpha value is -2.47. The van der Waals surface area contributed by atoms with Gasteiger partial charge in [-0.3, -0.25) is 9.59 Å². The Morgan fingerprint density at radius 2 is 2.12 bits per heavy atom. The third-order valence-electron chi connectivity index (χ3n) is 4.43. The average molecular weight is 341 g/mol. The Morgan fingerprint density at radius 3 is 2.80 bits per heavy atom. The Labute approximate surface area is 146 Å². The molecule has 1 aromatic heterocycles. The molecule has 1 aliphatic carbocycles. The third-order valence-corrected chi connectivity index (χ3v) is 4.43. The van der Waals surface area contributed by atoms with Gasteiger partial charge in [0.2, 0.25) is 0 Å². The predicted molar refractivity (Wildman–Crippen MR) is 96.3 cm³/mol. The van der Waals surface area contributed by atoms with Gasteiger partial charge in [-0.05, 0) is 37.5 Å². The number of hydrogen-bond acceptors (Lipinski definition) is 4. The van der Waals surface area contributed by atoms with Crippen molar-refractivity contribution in [3.63, 3.8) is 0 Å². The van der Waals surface area contributed by atoms with Crippen LogP contribution in [0.4, 0.5) is 5.69 Å². The van der Waals surface area contributed by atoms with E-state index in [0.29, 0.717) is 17.8 Å². The fourth-order valence-corrected chi connectivity index (χ4v) is 3.08. The third kappa shape index (κ3) is 4.54. The quantitative estimate of drug-likeness (QED) is 0.845. The van der Waals surface area contributed by atoms with Gasteiger partial charge >= 0.3 is 0 Å². The molecule has 6 heteroatoms. The van der Waals surface area contributed by atoms with E-state index in [2.05, 4.69) is 15.5 Å². The number of carbonyl (C=O) groups is 1. The number of aromatic nitrogens is 2. The summed E-state index contributed by atoms with van der Waals surface area (Å²) in [6.07, 6.45) is 4.84. The first-order chi connectivity index (χ1) is 12.2. The lowest BCUT2D eigenvalue weighted by atomic mass is 10.1. The van der Waals surface area contributed by atoms with Gasteiger partial charge < -0.3 is 10.1 Å². The SMILES string of the molecule is CC[C@H](OC1CCCC1)C(=O)Nc1cccc(-c2ccc(=O)[nH]n2)c1. The Kier molecular flexibility index (Phi) is 5.60. The van der Waals surface area contributed by atoms with Gasteiger partial charge in [0.25, 0.3) is 11.5 Å². The van der Waals surface area contributed by atoms with E-state index in [1.807, 2.05) is 31.2 Å². The zero-order valence-electron chi connectivity index (χ0n) is 14.3. The van der Waals surface area contributed by atoms with E-state index in [4.69, 9.17) is 4.74 Å². The van der Waals surface area contributed by atoms with E-state index in [9.17, 15) is 9.59 Å². The van der Waals surface area contributed by atoms with Gasteiger partial charge in [-0.25, -0.2) is 5.10 Å². The summed E-state index contributed by atoms with van der Waals surface area (Å²) in [6.45, 7) is 1.96. The number of H-pyrrole nitrogens is 1. The van der Waals surface area contributed by atoms with E-state index in [0.717, 1.165) is 18.4 Å². The van der Waals surface area contributed by atoms with Crippen LogP contribution in [0.2, 0.25) is 0 Å². The minimum Gasteiger partial charge on any atom is -0.365 e. The highest BCUT2D eigenvalue weighted by Crippen LogP contribution is 2.24. The average Bonchev–Trinajstić information content (AvgIpc) is 3.13. The molecule has 6 nitrogen and oxygen atoms in total. The summed E-state index contributed by atoms with van der Waals surface area (Å²) < 4.78 is 5.96. The van der Waals surface area contributed by atoms with Crippen LogP contribution in [0.3, 0.4) is 0 Å². The number of rotatable bonds is 6. The maximum atomic E-state index is 12.5. The van der Waals surface area contributed by atoms with Crippen molar-refractivity contribution in [3.05, 3.63) is 46.8 Å². The van der Waals surface area contributed by atoms with Crippen LogP contribution in [0.15, 0.2) is 41.2 Å². The highest BCUT2D eigenvalue weighted by molar-refractivity contribution is 5.94. The van der Waals surface area contributed by atoms with Crippen molar-refractivity contribution >= 4 is 11.6 Å². The van der Waals surface area contributed by atoms with Crippen molar-refractivity contribution in [2.24, 2.45) is 0 Å². The molecule has 3 rings (SSSR count). The number of amides is 1. The number of benzene rings is 1.